The van der Waals surface area contributed by atoms with Gasteiger partial charge in [-0.3, -0.25) is 0 Å². The van der Waals surface area contributed by atoms with Crippen LogP contribution in [0.5, 0.6) is 0 Å². The second-order valence-electron chi connectivity index (χ2n) is 5.98. The summed E-state index contributed by atoms with van der Waals surface area (Å²) in [5.41, 5.74) is 5.31. The predicted octanol–water partition coefficient (Wildman–Crippen LogP) is 3.84. The molecule has 0 amide bonds. The number of hydrogen-bond acceptors (Lipinski definition) is 2. The lowest BCUT2D eigenvalue weighted by atomic mass is 9.85. The van der Waals surface area contributed by atoms with Gasteiger partial charge in [-0.2, -0.15) is 0 Å². The third-order valence-corrected chi connectivity index (χ3v) is 4.53. The van der Waals surface area contributed by atoms with Gasteiger partial charge in [0.1, 0.15) is 5.54 Å². The maximum absolute atomic E-state index is 11.6. The van der Waals surface area contributed by atoms with Crippen molar-refractivity contribution in [2.75, 3.05) is 0 Å². The van der Waals surface area contributed by atoms with Crippen molar-refractivity contribution in [2.24, 2.45) is 5.73 Å². The fourth-order valence-corrected chi connectivity index (χ4v) is 3.30. The number of carbonyl (C=O) groups is 1. The van der Waals surface area contributed by atoms with E-state index in [1.165, 1.54) is 5.39 Å². The summed E-state index contributed by atoms with van der Waals surface area (Å²) in [7, 11) is 0. The second-order valence-corrected chi connectivity index (χ2v) is 5.98. The van der Waals surface area contributed by atoms with E-state index in [0.29, 0.717) is 5.56 Å². The molecule has 108 valence electrons. The fourth-order valence-electron chi connectivity index (χ4n) is 3.30. The molecule has 0 unspecified atom stereocenters. The van der Waals surface area contributed by atoms with Crippen LogP contribution in [0.15, 0.2) is 54.6 Å². The van der Waals surface area contributed by atoms with Gasteiger partial charge >= 0.3 is 5.97 Å². The highest BCUT2D eigenvalue weighted by Crippen LogP contribution is 2.38. The zero-order valence-electron chi connectivity index (χ0n) is 12.1. The number of nitrogens with two attached hydrogens (primary N) is 1. The highest BCUT2D eigenvalue weighted by Gasteiger charge is 2.32. The van der Waals surface area contributed by atoms with Crippen LogP contribution in [-0.4, -0.2) is 11.1 Å². The molecule has 0 radical (unpaired) electrons. The van der Waals surface area contributed by atoms with Gasteiger partial charge < -0.3 is 10.8 Å². The smallest absolute Gasteiger partial charge is 0.328 e. The first-order chi connectivity index (χ1) is 10.5. The molecule has 4 aromatic carbocycles. The summed E-state index contributed by atoms with van der Waals surface area (Å²) in [5.74, 6) is -1.03. The summed E-state index contributed by atoms with van der Waals surface area (Å²) in [4.78, 5) is 11.6. The summed E-state index contributed by atoms with van der Waals surface area (Å²) >= 11 is 0. The highest BCUT2D eigenvalue weighted by atomic mass is 16.4. The molecule has 1 atom stereocenters. The van der Waals surface area contributed by atoms with Crippen LogP contribution in [0.4, 0.5) is 0 Å². The van der Waals surface area contributed by atoms with Crippen molar-refractivity contribution in [3.05, 3.63) is 60.2 Å². The van der Waals surface area contributed by atoms with Gasteiger partial charge in [0.15, 0.2) is 0 Å². The normalized spacial score (nSPS) is 14.6. The lowest BCUT2D eigenvalue weighted by molar-refractivity contribution is -0.142. The summed E-state index contributed by atoms with van der Waals surface area (Å²) in [6.45, 7) is 1.54. The Labute approximate surface area is 127 Å². The number of benzene rings is 4. The van der Waals surface area contributed by atoms with E-state index in [0.717, 1.165) is 26.9 Å². The van der Waals surface area contributed by atoms with Crippen molar-refractivity contribution in [2.45, 2.75) is 12.5 Å². The Hall–Kier alpha value is -2.65. The van der Waals surface area contributed by atoms with E-state index in [9.17, 15) is 9.90 Å². The first-order valence-corrected chi connectivity index (χ1v) is 7.19. The number of rotatable bonds is 2. The van der Waals surface area contributed by atoms with E-state index in [-0.39, 0.29) is 0 Å². The molecule has 22 heavy (non-hydrogen) atoms. The van der Waals surface area contributed by atoms with Crippen LogP contribution in [0.2, 0.25) is 0 Å². The van der Waals surface area contributed by atoms with Crippen molar-refractivity contribution in [3.63, 3.8) is 0 Å². The minimum absolute atomic E-state index is 0.644. The van der Waals surface area contributed by atoms with Crippen molar-refractivity contribution in [1.29, 1.82) is 0 Å². The topological polar surface area (TPSA) is 63.3 Å². The largest absolute Gasteiger partial charge is 0.480 e. The summed E-state index contributed by atoms with van der Waals surface area (Å²) < 4.78 is 0. The third kappa shape index (κ3) is 1.57. The van der Waals surface area contributed by atoms with Gasteiger partial charge in [0.2, 0.25) is 0 Å². The maximum atomic E-state index is 11.6. The van der Waals surface area contributed by atoms with E-state index >= 15 is 0 Å². The number of hydrogen-bond donors (Lipinski definition) is 2. The van der Waals surface area contributed by atoms with Gasteiger partial charge in [-0.05, 0) is 44.8 Å². The zero-order chi connectivity index (χ0) is 15.5. The predicted molar refractivity (Wildman–Crippen MR) is 89.3 cm³/mol. The van der Waals surface area contributed by atoms with Gasteiger partial charge in [0.25, 0.3) is 0 Å². The minimum atomic E-state index is -1.41. The molecule has 0 saturated heterocycles. The molecule has 0 aromatic heterocycles. The lowest BCUT2D eigenvalue weighted by Crippen LogP contribution is -2.41. The molecule has 0 heterocycles. The first-order valence-electron chi connectivity index (χ1n) is 7.19. The molecule has 0 aliphatic heterocycles. The van der Waals surface area contributed by atoms with Gasteiger partial charge in [0.05, 0.1) is 0 Å². The molecule has 0 aliphatic carbocycles. The van der Waals surface area contributed by atoms with Gasteiger partial charge in [-0.25, -0.2) is 4.79 Å². The molecule has 3 N–H and O–H groups in total. The molecular weight excluding hydrogens is 274 g/mol. The average molecular weight is 289 g/mol. The molecule has 3 nitrogen and oxygen atoms in total. The fraction of sp³-hybridized carbons (Fsp3) is 0.105. The number of carboxylic acid groups (broad SMARTS) is 1. The standard InChI is InChI=1S/C19H15NO2/c1-19(20,18(21)22)15-10-8-13-6-5-11-3-2-4-12-7-9-14(15)17(13)16(11)12/h2-10H,20H2,1H3,(H,21,22)/t19-/m1/s1. The molecule has 4 rings (SSSR count). The Morgan fingerprint density at radius 2 is 1.45 bits per heavy atom. The Morgan fingerprint density at radius 3 is 2.09 bits per heavy atom. The molecule has 0 spiro atoms. The summed E-state index contributed by atoms with van der Waals surface area (Å²) in [5, 5.41) is 16.0. The third-order valence-electron chi connectivity index (χ3n) is 4.53. The van der Waals surface area contributed by atoms with Gasteiger partial charge in [-0.15, -0.1) is 0 Å². The van der Waals surface area contributed by atoms with Crippen LogP contribution in [0, 0.1) is 0 Å². The van der Waals surface area contributed by atoms with Crippen molar-refractivity contribution < 1.29 is 9.90 Å². The highest BCUT2D eigenvalue weighted by molar-refractivity contribution is 6.23. The molecule has 0 fully saturated rings. The van der Waals surface area contributed by atoms with Crippen LogP contribution in [-0.2, 0) is 10.3 Å². The summed E-state index contributed by atoms with van der Waals surface area (Å²) in [6, 6.07) is 18.2. The average Bonchev–Trinajstić information content (AvgIpc) is 2.52. The summed E-state index contributed by atoms with van der Waals surface area (Å²) in [6.07, 6.45) is 0. The number of carboxylic acids is 1. The van der Waals surface area contributed by atoms with Crippen LogP contribution < -0.4 is 5.73 Å². The van der Waals surface area contributed by atoms with E-state index in [1.807, 2.05) is 30.3 Å². The SMILES string of the molecule is C[C@](N)(C(=O)O)c1ccc2ccc3cccc4ccc1c2c34. The Kier molecular flexibility index (Phi) is 2.48. The van der Waals surface area contributed by atoms with E-state index in [2.05, 4.69) is 24.3 Å². The van der Waals surface area contributed by atoms with Gasteiger partial charge in [0, 0.05) is 0 Å². The molecule has 4 aromatic rings. The van der Waals surface area contributed by atoms with Crippen molar-refractivity contribution >= 4 is 38.3 Å². The minimum Gasteiger partial charge on any atom is -0.480 e. The Bertz CT molecular complexity index is 1020. The van der Waals surface area contributed by atoms with Crippen LogP contribution in [0.25, 0.3) is 32.3 Å². The van der Waals surface area contributed by atoms with Crippen molar-refractivity contribution in [1.82, 2.24) is 0 Å². The van der Waals surface area contributed by atoms with E-state index in [4.69, 9.17) is 5.73 Å². The van der Waals surface area contributed by atoms with Crippen LogP contribution >= 0.6 is 0 Å². The quantitative estimate of drug-likeness (QED) is 0.551. The Morgan fingerprint density at radius 1 is 0.909 bits per heavy atom. The lowest BCUT2D eigenvalue weighted by Gasteiger charge is -2.23. The maximum Gasteiger partial charge on any atom is 0.328 e. The van der Waals surface area contributed by atoms with Gasteiger partial charge in [-0.1, -0.05) is 54.6 Å². The van der Waals surface area contributed by atoms with E-state index < -0.39 is 11.5 Å². The molecular formula is C19H15NO2. The van der Waals surface area contributed by atoms with E-state index in [1.54, 1.807) is 6.92 Å². The Balaban J connectivity index is 2.25. The monoisotopic (exact) mass is 289 g/mol. The van der Waals surface area contributed by atoms with Crippen LogP contribution in [0.1, 0.15) is 12.5 Å². The molecule has 0 bridgehead atoms. The first kappa shape index (κ1) is 13.0. The van der Waals surface area contributed by atoms with Crippen LogP contribution in [0.3, 0.4) is 0 Å². The molecule has 0 aliphatic rings. The number of aliphatic carboxylic acids is 1. The zero-order valence-corrected chi connectivity index (χ0v) is 12.1. The molecule has 0 saturated carbocycles. The second kappa shape index (κ2) is 4.18. The molecule has 3 heteroatoms. The van der Waals surface area contributed by atoms with Crippen molar-refractivity contribution in [3.8, 4) is 0 Å².